The predicted molar refractivity (Wildman–Crippen MR) is 65.3 cm³/mol. The van der Waals surface area contributed by atoms with Crippen LogP contribution in [0.15, 0.2) is 11.1 Å². The smallest absolute Gasteiger partial charge is 0.249 e. The number of carbonyl (C=O) groups excluding carboxylic acids is 1. The topological polar surface area (TPSA) is 29.5 Å². The zero-order valence-corrected chi connectivity index (χ0v) is 10.7. The highest BCUT2D eigenvalue weighted by molar-refractivity contribution is 5.96. The van der Waals surface area contributed by atoms with Crippen molar-refractivity contribution >= 4 is 5.91 Å². The zero-order chi connectivity index (χ0) is 12.0. The average molecular weight is 225 g/mol. The molecule has 1 rings (SSSR count). The van der Waals surface area contributed by atoms with Crippen molar-refractivity contribution in [2.75, 3.05) is 26.8 Å². The summed E-state index contributed by atoms with van der Waals surface area (Å²) in [5.41, 5.74) is 2.17. The van der Waals surface area contributed by atoms with E-state index in [1.807, 2.05) is 18.7 Å². The van der Waals surface area contributed by atoms with Gasteiger partial charge in [0, 0.05) is 32.4 Å². The second-order valence-corrected chi connectivity index (χ2v) is 4.54. The molecule has 0 N–H and O–H groups in total. The molecule has 3 heteroatoms. The Balaban J connectivity index is 2.10. The van der Waals surface area contributed by atoms with Crippen LogP contribution in [0.2, 0.25) is 0 Å². The van der Waals surface area contributed by atoms with Gasteiger partial charge in [0.1, 0.15) is 0 Å². The van der Waals surface area contributed by atoms with Crippen LogP contribution in [0.4, 0.5) is 0 Å². The maximum Gasteiger partial charge on any atom is 0.249 e. The van der Waals surface area contributed by atoms with E-state index >= 15 is 0 Å². The first kappa shape index (κ1) is 13.2. The van der Waals surface area contributed by atoms with Gasteiger partial charge in [-0.3, -0.25) is 4.79 Å². The number of hydrogen-bond acceptors (Lipinski definition) is 2. The molecule has 0 aromatic heterocycles. The Labute approximate surface area is 98.5 Å². The Morgan fingerprint density at radius 1 is 1.19 bits per heavy atom. The van der Waals surface area contributed by atoms with Gasteiger partial charge < -0.3 is 9.64 Å². The zero-order valence-electron chi connectivity index (χ0n) is 10.7. The number of amides is 1. The molecule has 0 saturated carbocycles. The van der Waals surface area contributed by atoms with E-state index in [0.29, 0.717) is 0 Å². The molecule has 3 nitrogen and oxygen atoms in total. The summed E-state index contributed by atoms with van der Waals surface area (Å²) in [6.07, 6.45) is 4.61. The fourth-order valence-corrected chi connectivity index (χ4v) is 1.98. The molecule has 16 heavy (non-hydrogen) atoms. The van der Waals surface area contributed by atoms with Gasteiger partial charge in [0.05, 0.1) is 0 Å². The van der Waals surface area contributed by atoms with Crippen LogP contribution in [0.1, 0.15) is 39.5 Å². The van der Waals surface area contributed by atoms with Gasteiger partial charge in [-0.2, -0.15) is 0 Å². The van der Waals surface area contributed by atoms with Crippen LogP contribution in [0.5, 0.6) is 0 Å². The maximum atomic E-state index is 11.7. The molecule has 92 valence electrons. The summed E-state index contributed by atoms with van der Waals surface area (Å²) in [6.45, 7) is 6.56. The molecule has 0 aromatic rings. The second-order valence-electron chi connectivity index (χ2n) is 4.54. The van der Waals surface area contributed by atoms with Gasteiger partial charge in [-0.15, -0.1) is 0 Å². The normalized spacial score (nSPS) is 16.4. The lowest BCUT2D eigenvalue weighted by Gasteiger charge is -2.16. The van der Waals surface area contributed by atoms with E-state index in [1.165, 1.54) is 18.4 Å². The molecule has 0 radical (unpaired) electrons. The first-order valence-corrected chi connectivity index (χ1v) is 6.11. The van der Waals surface area contributed by atoms with Crippen LogP contribution in [0.25, 0.3) is 0 Å². The molecule has 0 unspecified atom stereocenters. The Morgan fingerprint density at radius 3 is 2.44 bits per heavy atom. The molecule has 0 bridgehead atoms. The van der Waals surface area contributed by atoms with Gasteiger partial charge >= 0.3 is 0 Å². The van der Waals surface area contributed by atoms with Crippen molar-refractivity contribution in [3.63, 3.8) is 0 Å². The lowest BCUT2D eigenvalue weighted by Crippen LogP contribution is -2.27. The molecule has 0 fully saturated rings. The van der Waals surface area contributed by atoms with Crippen LogP contribution in [0, 0.1) is 0 Å². The third-order valence-corrected chi connectivity index (χ3v) is 3.20. The van der Waals surface area contributed by atoms with E-state index in [2.05, 4.69) is 0 Å². The summed E-state index contributed by atoms with van der Waals surface area (Å²) in [7, 11) is 1.74. The molecule has 1 amide bonds. The molecule has 1 aliphatic heterocycles. The van der Waals surface area contributed by atoms with Crippen molar-refractivity contribution in [2.24, 2.45) is 0 Å². The maximum absolute atomic E-state index is 11.7. The minimum Gasteiger partial charge on any atom is -0.385 e. The predicted octanol–water partition coefficient (Wildman–Crippen LogP) is 2.37. The number of nitrogens with zero attached hydrogens (tertiary/aromatic N) is 1. The lowest BCUT2D eigenvalue weighted by atomic mass is 10.2. The molecule has 0 saturated heterocycles. The third-order valence-electron chi connectivity index (χ3n) is 3.20. The molecule has 0 spiro atoms. The molecule has 0 atom stereocenters. The van der Waals surface area contributed by atoms with Crippen molar-refractivity contribution in [1.29, 1.82) is 0 Å². The monoisotopic (exact) mass is 225 g/mol. The number of methoxy groups -OCH3 is 1. The Hall–Kier alpha value is -0.830. The minimum absolute atomic E-state index is 0.231. The van der Waals surface area contributed by atoms with E-state index in [9.17, 15) is 4.79 Å². The van der Waals surface area contributed by atoms with Crippen LogP contribution < -0.4 is 0 Å². The van der Waals surface area contributed by atoms with E-state index in [4.69, 9.17) is 4.74 Å². The van der Waals surface area contributed by atoms with Gasteiger partial charge in [0.2, 0.25) is 5.91 Å². The summed E-state index contributed by atoms with van der Waals surface area (Å²) < 4.78 is 5.00. The SMILES string of the molecule is COCCCCCCN1CC(C)=C(C)C1=O. The molecule has 1 aliphatic rings. The van der Waals surface area contributed by atoms with Crippen molar-refractivity contribution in [3.8, 4) is 0 Å². The van der Waals surface area contributed by atoms with Crippen LogP contribution in [-0.2, 0) is 9.53 Å². The van der Waals surface area contributed by atoms with Gasteiger partial charge in [-0.1, -0.05) is 12.8 Å². The number of hydrogen-bond donors (Lipinski definition) is 0. The van der Waals surface area contributed by atoms with Crippen LogP contribution in [-0.4, -0.2) is 37.6 Å². The van der Waals surface area contributed by atoms with Crippen molar-refractivity contribution in [1.82, 2.24) is 4.90 Å². The number of ether oxygens (including phenoxy) is 1. The van der Waals surface area contributed by atoms with Gasteiger partial charge in [-0.05, 0) is 32.3 Å². The highest BCUT2D eigenvalue weighted by atomic mass is 16.5. The summed E-state index contributed by atoms with van der Waals surface area (Å²) >= 11 is 0. The number of unbranched alkanes of at least 4 members (excludes halogenated alkanes) is 3. The largest absolute Gasteiger partial charge is 0.385 e. The van der Waals surface area contributed by atoms with Crippen molar-refractivity contribution in [2.45, 2.75) is 39.5 Å². The summed E-state index contributed by atoms with van der Waals surface area (Å²) in [4.78, 5) is 13.7. The Morgan fingerprint density at radius 2 is 1.88 bits per heavy atom. The fourth-order valence-electron chi connectivity index (χ4n) is 1.98. The van der Waals surface area contributed by atoms with E-state index < -0.39 is 0 Å². The van der Waals surface area contributed by atoms with E-state index in [1.54, 1.807) is 7.11 Å². The Bertz CT molecular complexity index is 271. The summed E-state index contributed by atoms with van der Waals surface area (Å²) in [5.74, 6) is 0.231. The first-order chi connectivity index (χ1) is 7.66. The summed E-state index contributed by atoms with van der Waals surface area (Å²) in [6, 6.07) is 0. The lowest BCUT2D eigenvalue weighted by molar-refractivity contribution is -0.125. The van der Waals surface area contributed by atoms with Crippen molar-refractivity contribution in [3.05, 3.63) is 11.1 Å². The number of carbonyl (C=O) groups is 1. The Kier molecular flexibility index (Phi) is 5.53. The van der Waals surface area contributed by atoms with Crippen molar-refractivity contribution < 1.29 is 9.53 Å². The standard InChI is InChI=1S/C13H23NO2/c1-11-10-14(13(15)12(11)2)8-6-4-5-7-9-16-3/h4-10H2,1-3H3. The van der Waals surface area contributed by atoms with Gasteiger partial charge in [0.15, 0.2) is 0 Å². The van der Waals surface area contributed by atoms with Crippen LogP contribution in [0.3, 0.4) is 0 Å². The molecular weight excluding hydrogens is 202 g/mol. The highest BCUT2D eigenvalue weighted by Crippen LogP contribution is 2.18. The van der Waals surface area contributed by atoms with E-state index in [-0.39, 0.29) is 5.91 Å². The van der Waals surface area contributed by atoms with Gasteiger partial charge in [-0.25, -0.2) is 0 Å². The molecule has 1 heterocycles. The van der Waals surface area contributed by atoms with Gasteiger partial charge in [0.25, 0.3) is 0 Å². The summed E-state index contributed by atoms with van der Waals surface area (Å²) in [5, 5.41) is 0. The quantitative estimate of drug-likeness (QED) is 0.623. The van der Waals surface area contributed by atoms with Crippen LogP contribution >= 0.6 is 0 Å². The molecule has 0 aliphatic carbocycles. The fraction of sp³-hybridized carbons (Fsp3) is 0.769. The third kappa shape index (κ3) is 3.63. The van der Waals surface area contributed by atoms with E-state index in [0.717, 1.165) is 38.1 Å². The minimum atomic E-state index is 0.231. The first-order valence-electron chi connectivity index (χ1n) is 6.11. The average Bonchev–Trinajstić information content (AvgIpc) is 2.51. The molecule has 0 aromatic carbocycles. The second kappa shape index (κ2) is 6.69. The number of rotatable bonds is 7. The molecular formula is C13H23NO2. The highest BCUT2D eigenvalue weighted by Gasteiger charge is 2.23.